The average Bonchev–Trinajstić information content (AvgIpc) is 1.36. The molecule has 0 radical (unpaired) electrons. The van der Waals surface area contributed by atoms with Crippen LogP contribution in [0.2, 0.25) is 0 Å². The van der Waals surface area contributed by atoms with E-state index in [2.05, 4.69) is 0 Å². The van der Waals surface area contributed by atoms with Crippen molar-refractivity contribution in [1.82, 2.24) is 0 Å². The van der Waals surface area contributed by atoms with Gasteiger partial charge in [0.2, 0.25) is 0 Å². The van der Waals surface area contributed by atoms with E-state index in [1.54, 1.807) is 0 Å². The molecule has 0 saturated heterocycles. The molecular formula is H3CeO5P. The predicted octanol–water partition coefficient (Wildman–Crippen LogP) is -1.05. The fraction of sp³-hybridized carbons (Fsp3) is 0. The third kappa shape index (κ3) is 123. The molecule has 0 spiro atoms. The first-order valence-electron chi connectivity index (χ1n) is 0.987. The molecule has 0 bridgehead atoms. The number of hydrogen-bond acceptors (Lipinski definition) is 2. The van der Waals surface area contributed by atoms with Crippen LogP contribution >= 0.6 is 7.82 Å². The molecule has 0 aliphatic carbocycles. The van der Waals surface area contributed by atoms with Gasteiger partial charge in [-0.15, -0.1) is 0 Å². The Hall–Kier alpha value is 1.29. The standard InChI is InChI=1S/Ce.H3O4P.O/c;1-5(2,3)4;/h;(H3,1,2,3,4);. The Morgan fingerprint density at radius 1 is 1.14 bits per heavy atom. The monoisotopic (exact) mass is 254 g/mol. The molecule has 7 heteroatoms. The van der Waals surface area contributed by atoms with Crippen molar-refractivity contribution in [3.8, 4) is 0 Å². The SMILES string of the molecule is O=P(O)(O)O.[O]=[Ce]. The van der Waals surface area contributed by atoms with Crippen LogP contribution in [0.15, 0.2) is 0 Å². The van der Waals surface area contributed by atoms with Gasteiger partial charge in [-0.05, 0) is 0 Å². The second-order valence-electron chi connectivity index (χ2n) is 0.513. The van der Waals surface area contributed by atoms with Crippen LogP contribution in [0.1, 0.15) is 0 Å². The van der Waals surface area contributed by atoms with Crippen LogP contribution in [0.5, 0.6) is 0 Å². The molecule has 5 nitrogen and oxygen atoms in total. The summed E-state index contributed by atoms with van der Waals surface area (Å²) in [5.74, 6) is 0. The van der Waals surface area contributed by atoms with Crippen molar-refractivity contribution in [3.63, 3.8) is 0 Å². The fourth-order valence-electron chi connectivity index (χ4n) is 0. The van der Waals surface area contributed by atoms with E-state index in [0.717, 1.165) is 0 Å². The van der Waals surface area contributed by atoms with Gasteiger partial charge in [0.15, 0.2) is 0 Å². The van der Waals surface area contributed by atoms with Gasteiger partial charge in [0.05, 0.1) is 0 Å². The molecular weight excluding hydrogens is 251 g/mol. The van der Waals surface area contributed by atoms with Gasteiger partial charge in [-0.2, -0.15) is 0 Å². The van der Waals surface area contributed by atoms with Crippen molar-refractivity contribution < 1.29 is 60.0 Å². The van der Waals surface area contributed by atoms with Gasteiger partial charge in [-0.3, -0.25) is 0 Å². The molecule has 3 N–H and O–H groups in total. The Morgan fingerprint density at radius 2 is 1.14 bits per heavy atom. The second kappa shape index (κ2) is 5.42. The molecule has 0 unspecified atom stereocenters. The Balaban J connectivity index is 0. The van der Waals surface area contributed by atoms with Crippen LogP contribution in [0.3, 0.4) is 0 Å². The minimum absolute atomic E-state index is 0.0556. The van der Waals surface area contributed by atoms with Crippen LogP contribution in [0, 0.1) is 39.8 Å². The molecule has 0 aromatic rings. The van der Waals surface area contributed by atoms with E-state index in [1.807, 2.05) is 0 Å². The van der Waals surface area contributed by atoms with E-state index in [1.165, 1.54) is 0 Å². The summed E-state index contributed by atoms with van der Waals surface area (Å²) in [6.45, 7) is 0. The summed E-state index contributed by atoms with van der Waals surface area (Å²) in [6.07, 6.45) is 0. The topological polar surface area (TPSA) is 94.8 Å². The summed E-state index contributed by atoms with van der Waals surface area (Å²) >= 11 is 0.0556. The summed E-state index contributed by atoms with van der Waals surface area (Å²) in [5.41, 5.74) is 0. The van der Waals surface area contributed by atoms with Gasteiger partial charge in [-0.25, -0.2) is 4.57 Å². The molecule has 0 fully saturated rings. The summed E-state index contributed by atoms with van der Waals surface area (Å²) in [4.78, 5) is 21.6. The molecule has 0 aliphatic heterocycles. The Bertz CT molecular complexity index is 63.9. The minimum atomic E-state index is -4.64. The van der Waals surface area contributed by atoms with Crippen LogP contribution in [-0.4, -0.2) is 14.7 Å². The summed E-state index contributed by atoms with van der Waals surface area (Å²) in [5, 5.41) is 0. The zero-order valence-electron chi connectivity index (χ0n) is 3.11. The van der Waals surface area contributed by atoms with Gasteiger partial charge in [0, 0.05) is 0 Å². The Morgan fingerprint density at radius 3 is 1.14 bits per heavy atom. The van der Waals surface area contributed by atoms with E-state index in [0.29, 0.717) is 0 Å². The van der Waals surface area contributed by atoms with Crippen molar-refractivity contribution in [2.45, 2.75) is 0 Å². The first kappa shape index (κ1) is 11.1. The van der Waals surface area contributed by atoms with E-state index in [-0.39, 0.29) is 39.8 Å². The van der Waals surface area contributed by atoms with Crippen molar-refractivity contribution >= 4 is 7.82 Å². The fourth-order valence-corrected chi connectivity index (χ4v) is 0. The molecule has 0 rings (SSSR count). The van der Waals surface area contributed by atoms with Crippen molar-refractivity contribution in [2.75, 3.05) is 0 Å². The van der Waals surface area contributed by atoms with Crippen LogP contribution in [-0.2, 0) is 5.50 Å². The first-order chi connectivity index (χ1) is 3.00. The van der Waals surface area contributed by atoms with Crippen LogP contribution in [0.4, 0.5) is 0 Å². The predicted molar refractivity (Wildman–Crippen MR) is 14.9 cm³/mol. The maximum atomic E-state index is 8.88. The quantitative estimate of drug-likeness (QED) is 0.479. The van der Waals surface area contributed by atoms with Gasteiger partial charge in [-0.1, -0.05) is 0 Å². The maximum absolute atomic E-state index is 8.88. The van der Waals surface area contributed by atoms with Crippen LogP contribution < -0.4 is 0 Å². The van der Waals surface area contributed by atoms with Gasteiger partial charge < -0.3 is 14.7 Å². The molecule has 0 atom stereocenters. The molecule has 0 aromatic heterocycles. The number of hydrogen-bond donors (Lipinski definition) is 3. The number of rotatable bonds is 0. The second-order valence-corrected chi connectivity index (χ2v) is 1.54. The summed E-state index contributed by atoms with van der Waals surface area (Å²) in [7, 11) is -4.64. The Kier molecular flexibility index (Phi) is 8.63. The zero-order chi connectivity index (χ0) is 6.50. The number of phosphoric acid groups is 1. The normalized spacial score (nSPS) is 8.86. The molecule has 0 heterocycles. The zero-order valence-corrected chi connectivity index (χ0v) is 7.14. The Labute approximate surface area is 67.2 Å². The molecule has 42 valence electrons. The third-order valence-electron chi connectivity index (χ3n) is 0. The van der Waals surface area contributed by atoms with E-state index >= 15 is 0 Å². The van der Waals surface area contributed by atoms with Crippen LogP contribution in [0.25, 0.3) is 0 Å². The molecule has 0 aliphatic rings. The molecule has 0 saturated carbocycles. The third-order valence-corrected chi connectivity index (χ3v) is 0. The van der Waals surface area contributed by atoms with Crippen molar-refractivity contribution in [2.24, 2.45) is 0 Å². The van der Waals surface area contributed by atoms with Crippen molar-refractivity contribution in [3.05, 3.63) is 0 Å². The molecule has 0 amide bonds. The van der Waals surface area contributed by atoms with E-state index < -0.39 is 7.82 Å². The van der Waals surface area contributed by atoms with Gasteiger partial charge in [0.25, 0.3) is 0 Å². The molecule has 7 heavy (non-hydrogen) atoms. The van der Waals surface area contributed by atoms with Gasteiger partial charge >= 0.3 is 48.5 Å². The molecule has 0 aromatic carbocycles. The summed E-state index contributed by atoms with van der Waals surface area (Å²) < 4.78 is 17.3. The average molecular weight is 254 g/mol. The first-order valence-corrected chi connectivity index (χ1v) is 3.83. The van der Waals surface area contributed by atoms with E-state index in [4.69, 9.17) is 20.2 Å². The van der Waals surface area contributed by atoms with Gasteiger partial charge in [0.1, 0.15) is 0 Å². The van der Waals surface area contributed by atoms with E-state index in [9.17, 15) is 0 Å². The summed E-state index contributed by atoms with van der Waals surface area (Å²) in [6, 6.07) is 0. The van der Waals surface area contributed by atoms with Crippen molar-refractivity contribution in [1.29, 1.82) is 0 Å².